The summed E-state index contributed by atoms with van der Waals surface area (Å²) in [5.41, 5.74) is 4.44. The van der Waals surface area contributed by atoms with Gasteiger partial charge in [0.05, 0.1) is 6.26 Å². The van der Waals surface area contributed by atoms with E-state index >= 15 is 0 Å². The quantitative estimate of drug-likeness (QED) is 0.447. The van der Waals surface area contributed by atoms with E-state index in [1.54, 1.807) is 0 Å². The molecule has 0 rings (SSSR count). The average molecular weight is 232 g/mol. The highest BCUT2D eigenvalue weighted by atomic mass is 32.3. The van der Waals surface area contributed by atoms with Gasteiger partial charge in [0.1, 0.15) is 0 Å². The van der Waals surface area contributed by atoms with Crippen LogP contribution in [0.15, 0.2) is 0 Å². The summed E-state index contributed by atoms with van der Waals surface area (Å²) in [5.74, 6) is 0. The Bertz CT molecular complexity index is 342. The van der Waals surface area contributed by atoms with Crippen LogP contribution in [0.25, 0.3) is 0 Å². The number of rotatable bonds is 5. The van der Waals surface area contributed by atoms with E-state index in [2.05, 4.69) is 10.9 Å². The van der Waals surface area contributed by atoms with Gasteiger partial charge in [0.25, 0.3) is 0 Å². The Hall–Kier alpha value is -0.260. The zero-order valence-corrected chi connectivity index (χ0v) is 9.03. The molecule has 0 bridgehead atoms. The Morgan fingerprint density at radius 2 is 1.38 bits per heavy atom. The molecule has 0 saturated carbocycles. The lowest BCUT2D eigenvalue weighted by molar-refractivity contribution is 0.278. The van der Waals surface area contributed by atoms with Gasteiger partial charge in [-0.2, -0.15) is 8.42 Å². The van der Waals surface area contributed by atoms with Gasteiger partial charge >= 0.3 is 10.2 Å². The van der Waals surface area contributed by atoms with Crippen molar-refractivity contribution in [2.24, 2.45) is 0 Å². The minimum Gasteiger partial charge on any atom is -0.229 e. The Kier molecular flexibility index (Phi) is 4.22. The van der Waals surface area contributed by atoms with Crippen molar-refractivity contribution < 1.29 is 16.8 Å². The Labute approximate surface area is 77.5 Å². The Balaban J connectivity index is 4.78. The van der Waals surface area contributed by atoms with Crippen molar-refractivity contribution in [3.8, 4) is 0 Å². The third-order valence-electron chi connectivity index (χ3n) is 0.903. The summed E-state index contributed by atoms with van der Waals surface area (Å²) in [7, 11) is -5.28. The fraction of sp³-hybridized carbons (Fsp3) is 1.00. The van der Waals surface area contributed by atoms with Crippen LogP contribution in [-0.4, -0.2) is 41.7 Å². The number of hydrogen-bond donors (Lipinski definition) is 3. The standard InChI is InChI=1S/C3H12N4O4S2/c1-4-7(5-2)13(10,11)6-12(3,8)9/h4-6H,1-3H3. The largest absolute Gasteiger partial charge is 0.319 e. The van der Waals surface area contributed by atoms with Gasteiger partial charge in [-0.3, -0.25) is 0 Å². The molecule has 0 aromatic carbocycles. The van der Waals surface area contributed by atoms with Crippen LogP contribution in [0.5, 0.6) is 0 Å². The summed E-state index contributed by atoms with van der Waals surface area (Å²) in [6, 6.07) is 0. The molecule has 0 aliphatic heterocycles. The molecule has 0 radical (unpaired) electrons. The maximum Gasteiger partial charge on any atom is 0.319 e. The van der Waals surface area contributed by atoms with Crippen molar-refractivity contribution in [1.29, 1.82) is 0 Å². The predicted octanol–water partition coefficient (Wildman–Crippen LogP) is -2.65. The van der Waals surface area contributed by atoms with Crippen LogP contribution >= 0.6 is 0 Å². The molecule has 0 heterocycles. The number of sulfonamides is 1. The maximum atomic E-state index is 11.1. The number of nitrogens with zero attached hydrogens (tertiary/aromatic N) is 1. The van der Waals surface area contributed by atoms with E-state index in [9.17, 15) is 16.8 Å². The van der Waals surface area contributed by atoms with Crippen LogP contribution in [0.2, 0.25) is 0 Å². The lowest BCUT2D eigenvalue weighted by Crippen LogP contribution is -2.54. The van der Waals surface area contributed by atoms with Crippen LogP contribution in [0, 0.1) is 0 Å². The number of hydrogen-bond acceptors (Lipinski definition) is 6. The van der Waals surface area contributed by atoms with Crippen molar-refractivity contribution in [3.63, 3.8) is 0 Å². The Morgan fingerprint density at radius 3 is 1.62 bits per heavy atom. The van der Waals surface area contributed by atoms with Gasteiger partial charge in [0.2, 0.25) is 10.0 Å². The summed E-state index contributed by atoms with van der Waals surface area (Å²) < 4.78 is 45.4. The third-order valence-corrected chi connectivity index (χ3v) is 3.80. The van der Waals surface area contributed by atoms with Crippen molar-refractivity contribution in [2.75, 3.05) is 20.4 Å². The third kappa shape index (κ3) is 4.50. The maximum absolute atomic E-state index is 11.1. The molecule has 13 heavy (non-hydrogen) atoms. The molecule has 0 amide bonds. The second-order valence-corrected chi connectivity index (χ2v) is 5.60. The van der Waals surface area contributed by atoms with Gasteiger partial charge in [-0.25, -0.2) is 19.3 Å². The van der Waals surface area contributed by atoms with Gasteiger partial charge in [-0.05, 0) is 0 Å². The van der Waals surface area contributed by atoms with Gasteiger partial charge in [-0.1, -0.05) is 8.65 Å². The van der Waals surface area contributed by atoms with Crippen LogP contribution in [0.3, 0.4) is 0 Å². The molecule has 0 aromatic heterocycles. The van der Waals surface area contributed by atoms with Crippen LogP contribution in [0.4, 0.5) is 0 Å². The van der Waals surface area contributed by atoms with Crippen molar-refractivity contribution in [2.45, 2.75) is 0 Å². The zero-order chi connectivity index (χ0) is 10.7. The van der Waals surface area contributed by atoms with Crippen LogP contribution < -0.4 is 15.0 Å². The first-order chi connectivity index (χ1) is 5.73. The molecule has 80 valence electrons. The van der Waals surface area contributed by atoms with Crippen molar-refractivity contribution in [3.05, 3.63) is 0 Å². The average Bonchev–Trinajstić information content (AvgIpc) is 1.83. The van der Waals surface area contributed by atoms with Crippen molar-refractivity contribution >= 4 is 20.2 Å². The summed E-state index contributed by atoms with van der Waals surface area (Å²) in [5, 5.41) is 0. The summed E-state index contributed by atoms with van der Waals surface area (Å²) in [6.45, 7) is 0. The monoisotopic (exact) mass is 232 g/mol. The first kappa shape index (κ1) is 12.7. The normalized spacial score (nSPS) is 13.5. The molecule has 0 aliphatic rings. The molecule has 0 fully saturated rings. The number of hydrazine groups is 2. The van der Waals surface area contributed by atoms with E-state index in [0.29, 0.717) is 4.52 Å². The SMILES string of the molecule is CNN(NC)S(=O)(=O)NS(C)(=O)=O. The molecule has 0 aliphatic carbocycles. The molecule has 8 nitrogen and oxygen atoms in total. The minimum atomic E-state index is -4.11. The van der Waals surface area contributed by atoms with Gasteiger partial charge in [0.15, 0.2) is 0 Å². The van der Waals surface area contributed by atoms with Gasteiger partial charge < -0.3 is 0 Å². The van der Waals surface area contributed by atoms with E-state index in [0.717, 1.165) is 6.26 Å². The topological polar surface area (TPSA) is 108 Å². The fourth-order valence-electron chi connectivity index (χ4n) is 0.581. The lowest BCUT2D eigenvalue weighted by atomic mass is 11.4. The summed E-state index contributed by atoms with van der Waals surface area (Å²) in [6.07, 6.45) is 0.744. The van der Waals surface area contributed by atoms with E-state index in [4.69, 9.17) is 0 Å². The van der Waals surface area contributed by atoms with Crippen molar-refractivity contribution in [1.82, 2.24) is 19.5 Å². The molecule has 0 saturated heterocycles. The lowest BCUT2D eigenvalue weighted by Gasteiger charge is -2.18. The molecule has 3 N–H and O–H groups in total. The Morgan fingerprint density at radius 1 is 1.00 bits per heavy atom. The highest BCUT2D eigenvalue weighted by Gasteiger charge is 2.23. The second kappa shape index (κ2) is 4.30. The first-order valence-electron chi connectivity index (χ1n) is 3.11. The van der Waals surface area contributed by atoms with E-state index in [-0.39, 0.29) is 0 Å². The molecule has 0 unspecified atom stereocenters. The highest BCUT2D eigenvalue weighted by molar-refractivity contribution is 8.03. The fourth-order valence-corrected chi connectivity index (χ4v) is 2.89. The molecule has 0 atom stereocenters. The van der Waals surface area contributed by atoms with E-state index in [1.807, 2.05) is 0 Å². The zero-order valence-electron chi connectivity index (χ0n) is 7.40. The second-order valence-electron chi connectivity index (χ2n) is 2.07. The summed E-state index contributed by atoms with van der Waals surface area (Å²) >= 11 is 0. The molecule has 10 heteroatoms. The minimum absolute atomic E-state index is 0.522. The van der Waals surface area contributed by atoms with Crippen LogP contribution in [-0.2, 0) is 20.2 Å². The van der Waals surface area contributed by atoms with E-state index in [1.165, 1.54) is 18.2 Å². The predicted molar refractivity (Wildman–Crippen MR) is 46.9 cm³/mol. The molecular formula is C3H12N4O4S2. The van der Waals surface area contributed by atoms with Gasteiger partial charge in [0, 0.05) is 14.1 Å². The number of nitrogens with one attached hydrogen (secondary N) is 3. The molecule has 0 aromatic rings. The van der Waals surface area contributed by atoms with E-state index < -0.39 is 20.2 Å². The molecular weight excluding hydrogens is 220 g/mol. The smallest absolute Gasteiger partial charge is 0.229 e. The van der Waals surface area contributed by atoms with Gasteiger partial charge in [-0.15, -0.1) is 0 Å². The first-order valence-corrected chi connectivity index (χ1v) is 6.44. The highest BCUT2D eigenvalue weighted by Crippen LogP contribution is 1.89. The summed E-state index contributed by atoms with van der Waals surface area (Å²) in [4.78, 5) is 0. The molecule has 0 spiro atoms. The van der Waals surface area contributed by atoms with Crippen LogP contribution in [0.1, 0.15) is 0 Å².